The first-order chi connectivity index (χ1) is 7.56. The second-order valence-corrected chi connectivity index (χ2v) is 3.07. The first kappa shape index (κ1) is 12.3. The number of benzene rings is 1. The molecule has 1 rings (SSSR count). The van der Waals surface area contributed by atoms with Gasteiger partial charge in [0.2, 0.25) is 0 Å². The summed E-state index contributed by atoms with van der Waals surface area (Å²) in [4.78, 5) is 9.48. The van der Waals surface area contributed by atoms with Crippen LogP contribution in [0.4, 0.5) is 20.2 Å². The van der Waals surface area contributed by atoms with E-state index in [2.05, 4.69) is 10.6 Å². The van der Waals surface area contributed by atoms with Gasteiger partial charge in [-0.3, -0.25) is 10.1 Å². The van der Waals surface area contributed by atoms with Crippen molar-refractivity contribution in [3.8, 4) is 0 Å². The Labute approximate surface area is 90.6 Å². The molecule has 0 amide bonds. The molecular weight excluding hydrogens is 220 g/mol. The highest BCUT2D eigenvalue weighted by molar-refractivity contribution is 5.51. The molecule has 0 saturated heterocycles. The van der Waals surface area contributed by atoms with Crippen LogP contribution in [0.15, 0.2) is 12.1 Å². The van der Waals surface area contributed by atoms with Gasteiger partial charge in [0.05, 0.1) is 17.1 Å². The molecule has 0 fully saturated rings. The molecule has 0 aliphatic rings. The van der Waals surface area contributed by atoms with Gasteiger partial charge >= 0.3 is 0 Å². The Balaban J connectivity index is 2.89. The number of likely N-dealkylation sites (N-methyl/N-ethyl adjacent to an activating group) is 1. The normalized spacial score (nSPS) is 10.2. The van der Waals surface area contributed by atoms with E-state index in [1.54, 1.807) is 7.05 Å². The van der Waals surface area contributed by atoms with Crippen LogP contribution in [0.1, 0.15) is 0 Å². The molecule has 0 saturated carbocycles. The third-order valence-electron chi connectivity index (χ3n) is 1.91. The number of nitrogens with one attached hydrogen (secondary N) is 2. The van der Waals surface area contributed by atoms with Gasteiger partial charge < -0.3 is 10.6 Å². The van der Waals surface area contributed by atoms with Crippen molar-refractivity contribution < 1.29 is 13.7 Å². The highest BCUT2D eigenvalue weighted by atomic mass is 19.1. The second-order valence-electron chi connectivity index (χ2n) is 3.07. The van der Waals surface area contributed by atoms with Gasteiger partial charge in [-0.25, -0.2) is 8.78 Å². The van der Waals surface area contributed by atoms with Crippen LogP contribution in [-0.4, -0.2) is 25.1 Å². The SMILES string of the molecule is CNCCNc1c(F)cc([N+](=O)[O-])cc1F. The second kappa shape index (κ2) is 5.36. The topological polar surface area (TPSA) is 67.2 Å². The number of halogens is 2. The van der Waals surface area contributed by atoms with E-state index in [1.807, 2.05) is 0 Å². The van der Waals surface area contributed by atoms with E-state index in [0.29, 0.717) is 25.2 Å². The molecule has 88 valence electrons. The Morgan fingerprint density at radius 1 is 1.31 bits per heavy atom. The fraction of sp³-hybridized carbons (Fsp3) is 0.333. The van der Waals surface area contributed by atoms with Crippen molar-refractivity contribution >= 4 is 11.4 Å². The monoisotopic (exact) mass is 231 g/mol. The molecule has 1 aromatic carbocycles. The predicted molar refractivity (Wildman–Crippen MR) is 55.4 cm³/mol. The molecule has 0 radical (unpaired) electrons. The van der Waals surface area contributed by atoms with Gasteiger partial charge in [0, 0.05) is 13.1 Å². The molecule has 2 N–H and O–H groups in total. The summed E-state index contributed by atoms with van der Waals surface area (Å²) in [5, 5.41) is 15.6. The quantitative estimate of drug-likeness (QED) is 0.458. The Morgan fingerprint density at radius 2 is 1.88 bits per heavy atom. The minimum absolute atomic E-state index is 0.322. The number of nitrogens with zero attached hydrogens (tertiary/aromatic N) is 1. The van der Waals surface area contributed by atoms with Crippen LogP contribution in [-0.2, 0) is 0 Å². The Morgan fingerprint density at radius 3 is 2.31 bits per heavy atom. The van der Waals surface area contributed by atoms with E-state index in [9.17, 15) is 18.9 Å². The molecule has 5 nitrogen and oxygen atoms in total. The van der Waals surface area contributed by atoms with Crippen LogP contribution in [0, 0.1) is 21.7 Å². The lowest BCUT2D eigenvalue weighted by atomic mass is 10.2. The zero-order chi connectivity index (χ0) is 12.1. The summed E-state index contributed by atoms with van der Waals surface area (Å²) >= 11 is 0. The van der Waals surface area contributed by atoms with Crippen molar-refractivity contribution in [2.75, 3.05) is 25.5 Å². The van der Waals surface area contributed by atoms with Crippen LogP contribution in [0.5, 0.6) is 0 Å². The molecule has 7 heteroatoms. The molecule has 0 atom stereocenters. The molecule has 0 aromatic heterocycles. The number of nitro groups is 1. The molecule has 0 spiro atoms. The summed E-state index contributed by atoms with van der Waals surface area (Å²) in [5.41, 5.74) is -0.949. The third-order valence-corrected chi connectivity index (χ3v) is 1.91. The highest BCUT2D eigenvalue weighted by Crippen LogP contribution is 2.24. The van der Waals surface area contributed by atoms with E-state index < -0.39 is 22.2 Å². The van der Waals surface area contributed by atoms with Gasteiger partial charge in [0.1, 0.15) is 5.69 Å². The standard InChI is InChI=1S/C9H11F2N3O2/c1-12-2-3-13-9-7(10)4-6(14(15)16)5-8(9)11/h4-5,12-13H,2-3H2,1H3. The number of hydrogen-bond donors (Lipinski definition) is 2. The molecule has 0 aliphatic heterocycles. The number of non-ortho nitro benzene ring substituents is 1. The molecule has 0 bridgehead atoms. The molecule has 0 aliphatic carbocycles. The Kier molecular flexibility index (Phi) is 4.12. The first-order valence-corrected chi connectivity index (χ1v) is 4.58. The fourth-order valence-corrected chi connectivity index (χ4v) is 1.15. The van der Waals surface area contributed by atoms with Gasteiger partial charge in [0.25, 0.3) is 5.69 Å². The molecule has 1 aromatic rings. The van der Waals surface area contributed by atoms with E-state index >= 15 is 0 Å². The van der Waals surface area contributed by atoms with Crippen LogP contribution < -0.4 is 10.6 Å². The maximum atomic E-state index is 13.3. The summed E-state index contributed by atoms with van der Waals surface area (Å²) < 4.78 is 26.5. The van der Waals surface area contributed by atoms with Crippen LogP contribution in [0.3, 0.4) is 0 Å². The van der Waals surface area contributed by atoms with Gasteiger partial charge in [-0.05, 0) is 7.05 Å². The van der Waals surface area contributed by atoms with Crippen molar-refractivity contribution in [2.45, 2.75) is 0 Å². The zero-order valence-corrected chi connectivity index (χ0v) is 8.59. The van der Waals surface area contributed by atoms with Crippen molar-refractivity contribution in [2.24, 2.45) is 0 Å². The lowest BCUT2D eigenvalue weighted by Crippen LogP contribution is -2.18. The Hall–Kier alpha value is -1.76. The summed E-state index contributed by atoms with van der Waals surface area (Å²) in [6.45, 7) is 0.845. The van der Waals surface area contributed by atoms with Gasteiger partial charge in [0.15, 0.2) is 11.6 Å². The summed E-state index contributed by atoms with van der Waals surface area (Å²) in [6, 6.07) is 1.37. The highest BCUT2D eigenvalue weighted by Gasteiger charge is 2.16. The number of hydrogen-bond acceptors (Lipinski definition) is 4. The van der Waals surface area contributed by atoms with Gasteiger partial charge in [-0.15, -0.1) is 0 Å². The average Bonchev–Trinajstić information content (AvgIpc) is 2.21. The van der Waals surface area contributed by atoms with Gasteiger partial charge in [-0.1, -0.05) is 0 Å². The molecule has 0 heterocycles. The lowest BCUT2D eigenvalue weighted by molar-refractivity contribution is -0.385. The van der Waals surface area contributed by atoms with Gasteiger partial charge in [-0.2, -0.15) is 0 Å². The third kappa shape index (κ3) is 2.86. The average molecular weight is 231 g/mol. The molecular formula is C9H11F2N3O2. The predicted octanol–water partition coefficient (Wildman–Crippen LogP) is 1.50. The van der Waals surface area contributed by atoms with E-state index in [4.69, 9.17) is 0 Å². The number of anilines is 1. The van der Waals surface area contributed by atoms with Crippen LogP contribution in [0.25, 0.3) is 0 Å². The molecule has 0 unspecified atom stereocenters. The summed E-state index contributed by atoms with van der Waals surface area (Å²) in [5.74, 6) is -1.94. The zero-order valence-electron chi connectivity index (χ0n) is 8.59. The van der Waals surface area contributed by atoms with Crippen LogP contribution in [0.2, 0.25) is 0 Å². The Bertz CT molecular complexity index is 375. The number of nitro benzene ring substituents is 1. The van der Waals surface area contributed by atoms with Crippen molar-refractivity contribution in [1.29, 1.82) is 0 Å². The maximum absolute atomic E-state index is 13.3. The van der Waals surface area contributed by atoms with Crippen molar-refractivity contribution in [1.82, 2.24) is 5.32 Å². The number of rotatable bonds is 5. The maximum Gasteiger partial charge on any atom is 0.275 e. The summed E-state index contributed by atoms with van der Waals surface area (Å²) in [7, 11) is 1.70. The fourth-order valence-electron chi connectivity index (χ4n) is 1.15. The van der Waals surface area contributed by atoms with E-state index in [0.717, 1.165) is 0 Å². The van der Waals surface area contributed by atoms with E-state index in [-0.39, 0.29) is 5.69 Å². The molecule has 16 heavy (non-hydrogen) atoms. The lowest BCUT2D eigenvalue weighted by Gasteiger charge is -2.07. The van der Waals surface area contributed by atoms with Crippen molar-refractivity contribution in [3.05, 3.63) is 33.9 Å². The largest absolute Gasteiger partial charge is 0.379 e. The van der Waals surface area contributed by atoms with E-state index in [1.165, 1.54) is 0 Å². The minimum Gasteiger partial charge on any atom is -0.379 e. The van der Waals surface area contributed by atoms with Crippen molar-refractivity contribution in [3.63, 3.8) is 0 Å². The minimum atomic E-state index is -0.970. The van der Waals surface area contributed by atoms with Crippen LogP contribution >= 0.6 is 0 Å². The smallest absolute Gasteiger partial charge is 0.275 e. The summed E-state index contributed by atoms with van der Waals surface area (Å²) in [6.07, 6.45) is 0. The first-order valence-electron chi connectivity index (χ1n) is 4.58.